The van der Waals surface area contributed by atoms with Crippen LogP contribution in [0.4, 0.5) is 0 Å². The lowest BCUT2D eigenvalue weighted by Crippen LogP contribution is -2.21. The number of nitrogens with zero attached hydrogens (tertiary/aromatic N) is 1. The molecule has 116 valence electrons. The number of benzene rings is 2. The van der Waals surface area contributed by atoms with Gasteiger partial charge in [-0.15, -0.1) is 0 Å². The molecule has 3 rings (SSSR count). The Hall–Kier alpha value is -3.33. The number of rotatable bonds is 2. The third-order valence-electron chi connectivity index (χ3n) is 3.74. The molecule has 1 atom stereocenters. The van der Waals surface area contributed by atoms with Gasteiger partial charge in [-0.1, -0.05) is 12.1 Å². The van der Waals surface area contributed by atoms with Crippen molar-refractivity contribution < 1.29 is 19.7 Å². The van der Waals surface area contributed by atoms with Gasteiger partial charge in [0.15, 0.2) is 0 Å². The predicted octanol–water partition coefficient (Wildman–Crippen LogP) is 2.32. The van der Waals surface area contributed by atoms with Gasteiger partial charge in [0.25, 0.3) is 0 Å². The highest BCUT2D eigenvalue weighted by molar-refractivity contribution is 5.62. The van der Waals surface area contributed by atoms with Crippen LogP contribution in [0.25, 0.3) is 0 Å². The molecule has 23 heavy (non-hydrogen) atoms. The Bertz CT molecular complexity index is 835. The molecule has 1 heterocycles. The van der Waals surface area contributed by atoms with E-state index >= 15 is 0 Å². The lowest BCUT2D eigenvalue weighted by atomic mass is 9.83. The number of phenols is 2. The smallest absolute Gasteiger partial charge is 0.205 e. The van der Waals surface area contributed by atoms with Crippen molar-refractivity contribution in [1.29, 1.82) is 5.26 Å². The van der Waals surface area contributed by atoms with E-state index in [0.29, 0.717) is 11.3 Å². The van der Waals surface area contributed by atoms with Gasteiger partial charge in [-0.3, -0.25) is 0 Å². The van der Waals surface area contributed by atoms with Crippen LogP contribution in [0.2, 0.25) is 0 Å². The predicted molar refractivity (Wildman–Crippen MR) is 82.1 cm³/mol. The Labute approximate surface area is 132 Å². The molecule has 0 saturated heterocycles. The standard InChI is InChI=1S/C17H14N2O4/c1-22-11-4-2-9(3-5-11)15-12(8-18)17(19)23-14-7-10(20)6-13(21)16(14)15/h2-7,15,20-21H,19H2,1H3/t15-/m0/s1. The average Bonchev–Trinajstić information content (AvgIpc) is 2.53. The Morgan fingerprint density at radius 2 is 1.91 bits per heavy atom. The molecule has 0 spiro atoms. The van der Waals surface area contributed by atoms with Crippen molar-refractivity contribution in [2.45, 2.75) is 5.92 Å². The lowest BCUT2D eigenvalue weighted by molar-refractivity contribution is 0.375. The summed E-state index contributed by atoms with van der Waals surface area (Å²) >= 11 is 0. The minimum absolute atomic E-state index is 0.0502. The molecule has 0 unspecified atom stereocenters. The molecule has 0 saturated carbocycles. The summed E-state index contributed by atoms with van der Waals surface area (Å²) in [7, 11) is 1.56. The molecule has 1 aliphatic rings. The van der Waals surface area contributed by atoms with Crippen molar-refractivity contribution in [2.24, 2.45) is 5.73 Å². The number of aromatic hydroxyl groups is 2. The summed E-state index contributed by atoms with van der Waals surface area (Å²) in [6, 6.07) is 11.7. The molecule has 2 aromatic carbocycles. The summed E-state index contributed by atoms with van der Waals surface area (Å²) in [5.41, 5.74) is 7.17. The molecule has 0 bridgehead atoms. The molecule has 4 N–H and O–H groups in total. The Balaban J connectivity index is 2.22. The van der Waals surface area contributed by atoms with Crippen molar-refractivity contribution in [3.05, 3.63) is 59.0 Å². The molecule has 6 nitrogen and oxygen atoms in total. The molecular formula is C17H14N2O4. The van der Waals surface area contributed by atoms with Crippen LogP contribution in [-0.4, -0.2) is 17.3 Å². The number of phenolic OH excluding ortho intramolecular Hbond substituents is 2. The maximum absolute atomic E-state index is 10.2. The van der Waals surface area contributed by atoms with E-state index in [4.69, 9.17) is 15.2 Å². The fourth-order valence-electron chi connectivity index (χ4n) is 2.68. The lowest BCUT2D eigenvalue weighted by Gasteiger charge is -2.27. The maximum atomic E-state index is 10.2. The van der Waals surface area contributed by atoms with Gasteiger partial charge in [0, 0.05) is 17.7 Å². The first kappa shape index (κ1) is 14.6. The zero-order valence-electron chi connectivity index (χ0n) is 12.3. The van der Waals surface area contributed by atoms with E-state index < -0.39 is 5.92 Å². The van der Waals surface area contributed by atoms with Crippen molar-refractivity contribution in [2.75, 3.05) is 7.11 Å². The van der Waals surface area contributed by atoms with Crippen molar-refractivity contribution in [3.63, 3.8) is 0 Å². The van der Waals surface area contributed by atoms with Gasteiger partial charge < -0.3 is 25.4 Å². The van der Waals surface area contributed by atoms with E-state index in [2.05, 4.69) is 0 Å². The summed E-state index contributed by atoms with van der Waals surface area (Å²) in [6.45, 7) is 0. The van der Waals surface area contributed by atoms with Crippen molar-refractivity contribution >= 4 is 0 Å². The van der Waals surface area contributed by atoms with Gasteiger partial charge >= 0.3 is 0 Å². The summed E-state index contributed by atoms with van der Waals surface area (Å²) in [4.78, 5) is 0. The largest absolute Gasteiger partial charge is 0.508 e. The molecule has 0 radical (unpaired) electrons. The van der Waals surface area contributed by atoms with Gasteiger partial charge in [-0.2, -0.15) is 5.26 Å². The monoisotopic (exact) mass is 310 g/mol. The highest BCUT2D eigenvalue weighted by Crippen LogP contribution is 2.47. The average molecular weight is 310 g/mol. The minimum atomic E-state index is -0.588. The van der Waals surface area contributed by atoms with E-state index in [1.165, 1.54) is 12.1 Å². The van der Waals surface area contributed by atoms with Gasteiger partial charge in [0.1, 0.15) is 34.6 Å². The third kappa shape index (κ3) is 2.38. The van der Waals surface area contributed by atoms with E-state index in [1.54, 1.807) is 31.4 Å². The molecule has 1 aliphatic heterocycles. The van der Waals surface area contributed by atoms with Gasteiger partial charge in [0.05, 0.1) is 13.0 Å². The molecular weight excluding hydrogens is 296 g/mol. The molecule has 0 aromatic heterocycles. The Morgan fingerprint density at radius 1 is 1.22 bits per heavy atom. The number of methoxy groups -OCH3 is 1. The number of hydrogen-bond donors (Lipinski definition) is 3. The van der Waals surface area contributed by atoms with Gasteiger partial charge in [-0.25, -0.2) is 0 Å². The van der Waals surface area contributed by atoms with Gasteiger partial charge in [-0.05, 0) is 17.7 Å². The second-order valence-electron chi connectivity index (χ2n) is 5.07. The van der Waals surface area contributed by atoms with E-state index in [1.807, 2.05) is 6.07 Å². The fourth-order valence-corrected chi connectivity index (χ4v) is 2.68. The highest BCUT2D eigenvalue weighted by Gasteiger charge is 2.33. The molecule has 0 amide bonds. The Morgan fingerprint density at radius 3 is 2.52 bits per heavy atom. The SMILES string of the molecule is COc1ccc([C@H]2C(C#N)=C(N)Oc3cc(O)cc(O)c32)cc1. The van der Waals surface area contributed by atoms with E-state index in [9.17, 15) is 15.5 Å². The van der Waals surface area contributed by atoms with Crippen molar-refractivity contribution in [1.82, 2.24) is 0 Å². The van der Waals surface area contributed by atoms with Crippen LogP contribution >= 0.6 is 0 Å². The van der Waals surface area contributed by atoms with Crippen LogP contribution in [0.5, 0.6) is 23.0 Å². The summed E-state index contributed by atoms with van der Waals surface area (Å²) in [5.74, 6) is -0.0590. The van der Waals surface area contributed by atoms with Crippen LogP contribution in [0.15, 0.2) is 47.9 Å². The topological polar surface area (TPSA) is 109 Å². The molecule has 0 aliphatic carbocycles. The van der Waals surface area contributed by atoms with Gasteiger partial charge in [0.2, 0.25) is 5.88 Å². The van der Waals surface area contributed by atoms with Crippen LogP contribution in [-0.2, 0) is 0 Å². The van der Waals surface area contributed by atoms with E-state index in [-0.39, 0.29) is 28.7 Å². The van der Waals surface area contributed by atoms with Crippen LogP contribution in [0.1, 0.15) is 17.0 Å². The van der Waals surface area contributed by atoms with Crippen molar-refractivity contribution in [3.8, 4) is 29.1 Å². The number of allylic oxidation sites excluding steroid dienone is 1. The summed E-state index contributed by atoms with van der Waals surface area (Å²) in [5, 5.41) is 29.3. The zero-order valence-corrected chi connectivity index (χ0v) is 12.3. The third-order valence-corrected chi connectivity index (χ3v) is 3.74. The normalized spacial score (nSPS) is 16.3. The maximum Gasteiger partial charge on any atom is 0.205 e. The first-order valence-electron chi connectivity index (χ1n) is 6.82. The first-order chi connectivity index (χ1) is 11.0. The molecule has 0 fully saturated rings. The van der Waals surface area contributed by atoms with Crippen LogP contribution in [0, 0.1) is 11.3 Å². The zero-order chi connectivity index (χ0) is 16.6. The number of hydrogen-bond acceptors (Lipinski definition) is 6. The number of fused-ring (bicyclic) bond motifs is 1. The second-order valence-corrected chi connectivity index (χ2v) is 5.07. The number of nitriles is 1. The summed E-state index contributed by atoms with van der Waals surface area (Å²) < 4.78 is 10.5. The number of nitrogens with two attached hydrogens (primary N) is 1. The van der Waals surface area contributed by atoms with Crippen LogP contribution < -0.4 is 15.2 Å². The summed E-state index contributed by atoms with van der Waals surface area (Å²) in [6.07, 6.45) is 0. The highest BCUT2D eigenvalue weighted by atomic mass is 16.5. The number of ether oxygens (including phenoxy) is 2. The van der Waals surface area contributed by atoms with E-state index in [0.717, 1.165) is 5.56 Å². The first-order valence-corrected chi connectivity index (χ1v) is 6.82. The van der Waals surface area contributed by atoms with Crippen LogP contribution in [0.3, 0.4) is 0 Å². The second kappa shape index (κ2) is 5.46. The molecule has 2 aromatic rings. The molecule has 6 heteroatoms. The quantitative estimate of drug-likeness (QED) is 0.785. The fraction of sp³-hybridized carbons (Fsp3) is 0.118. The Kier molecular flexibility index (Phi) is 3.47. The minimum Gasteiger partial charge on any atom is -0.508 e.